The predicted octanol–water partition coefficient (Wildman–Crippen LogP) is 5.42. The van der Waals surface area contributed by atoms with Gasteiger partial charge < -0.3 is 24.0 Å². The fourth-order valence-electron chi connectivity index (χ4n) is 4.06. The lowest BCUT2D eigenvalue weighted by Gasteiger charge is -2.33. The van der Waals surface area contributed by atoms with Crippen LogP contribution in [0.1, 0.15) is 51.7 Å². The highest BCUT2D eigenvalue weighted by Crippen LogP contribution is 2.24. The number of hydrogen-bond acceptors (Lipinski definition) is 7. The first kappa shape index (κ1) is 28.6. The largest absolute Gasteiger partial charge is 0.490 e. The van der Waals surface area contributed by atoms with Gasteiger partial charge in [-0.15, -0.1) is 0 Å². The van der Waals surface area contributed by atoms with Crippen molar-refractivity contribution in [1.82, 2.24) is 4.90 Å². The summed E-state index contributed by atoms with van der Waals surface area (Å²) in [6, 6.07) is 17.1. The Morgan fingerprint density at radius 1 is 1.13 bits per heavy atom. The van der Waals surface area contributed by atoms with Gasteiger partial charge >= 0.3 is 12.1 Å². The number of amides is 1. The van der Waals surface area contributed by atoms with Crippen LogP contribution in [-0.4, -0.2) is 61.5 Å². The number of anilines is 1. The van der Waals surface area contributed by atoms with Crippen LogP contribution in [0.15, 0.2) is 54.6 Å². The van der Waals surface area contributed by atoms with Crippen LogP contribution in [0.2, 0.25) is 0 Å². The van der Waals surface area contributed by atoms with Gasteiger partial charge in [-0.3, -0.25) is 4.79 Å². The Kier molecular flexibility index (Phi) is 10.2. The molecule has 0 radical (unpaired) electrons. The molecule has 1 aliphatic rings. The first-order valence-electron chi connectivity index (χ1n) is 13.0. The summed E-state index contributed by atoms with van der Waals surface area (Å²) in [5.41, 5.74) is 1.87. The molecule has 0 aliphatic carbocycles. The van der Waals surface area contributed by atoms with Gasteiger partial charge in [-0.25, -0.2) is 4.79 Å². The minimum absolute atomic E-state index is 0.0160. The quantitative estimate of drug-likeness (QED) is 0.409. The van der Waals surface area contributed by atoms with E-state index in [1.54, 1.807) is 17.9 Å². The first-order valence-corrected chi connectivity index (χ1v) is 13.0. The number of carbonyl (C=O) groups excluding carboxylic acids is 2. The summed E-state index contributed by atoms with van der Waals surface area (Å²) < 4.78 is 16.8. The third kappa shape index (κ3) is 9.15. The van der Waals surface area contributed by atoms with Crippen LogP contribution in [-0.2, 0) is 14.3 Å². The molecule has 1 fully saturated rings. The number of rotatable bonds is 9. The van der Waals surface area contributed by atoms with E-state index in [9.17, 15) is 9.59 Å². The summed E-state index contributed by atoms with van der Waals surface area (Å²) >= 11 is 0. The number of likely N-dealkylation sites (tertiary alicyclic amines) is 1. The van der Waals surface area contributed by atoms with E-state index in [0.29, 0.717) is 31.8 Å². The molecule has 2 aromatic carbocycles. The minimum Gasteiger partial charge on any atom is -0.490 e. The molecule has 1 heterocycles. The van der Waals surface area contributed by atoms with Crippen LogP contribution in [0.4, 0.5) is 10.5 Å². The van der Waals surface area contributed by atoms with Crippen molar-refractivity contribution in [2.45, 2.75) is 52.2 Å². The summed E-state index contributed by atoms with van der Waals surface area (Å²) in [5, 5.41) is 9.11. The second-order valence-corrected chi connectivity index (χ2v) is 10.1. The molecule has 3 rings (SSSR count). The zero-order chi connectivity index (χ0) is 27.5. The van der Waals surface area contributed by atoms with E-state index in [-0.39, 0.29) is 24.7 Å². The molecule has 38 heavy (non-hydrogen) atoms. The average molecular weight is 520 g/mol. The summed E-state index contributed by atoms with van der Waals surface area (Å²) in [6.07, 6.45) is 5.08. The van der Waals surface area contributed by atoms with Crippen LogP contribution in [0.25, 0.3) is 6.08 Å². The number of esters is 1. The SMILES string of the molecule is CCOC(=O)CN(C/C=C/c1cccc(C#N)c1)c1ccc(OC2CCN(C(=O)OC(C)(C)C)CC2)cc1. The van der Waals surface area contributed by atoms with E-state index in [2.05, 4.69) is 6.07 Å². The van der Waals surface area contributed by atoms with Crippen molar-refractivity contribution in [2.75, 3.05) is 37.7 Å². The van der Waals surface area contributed by atoms with Gasteiger partial charge in [0.15, 0.2) is 0 Å². The van der Waals surface area contributed by atoms with Crippen LogP contribution in [0.5, 0.6) is 5.75 Å². The monoisotopic (exact) mass is 519 g/mol. The standard InChI is InChI=1S/C30H37N3O5/c1-5-36-28(34)22-33(17-7-10-23-8-6-9-24(20-23)21-31)25-11-13-26(14-12-25)37-27-15-18-32(19-16-27)29(35)38-30(2,3)4/h6-14,20,27H,5,15-19,22H2,1-4H3/b10-7+. The second kappa shape index (κ2) is 13.5. The molecule has 1 aliphatic heterocycles. The predicted molar refractivity (Wildman–Crippen MR) is 147 cm³/mol. The van der Waals surface area contributed by atoms with E-state index in [1.807, 2.05) is 80.3 Å². The lowest BCUT2D eigenvalue weighted by molar-refractivity contribution is -0.141. The van der Waals surface area contributed by atoms with Gasteiger partial charge in [0, 0.05) is 38.2 Å². The molecule has 8 nitrogen and oxygen atoms in total. The third-order valence-corrected chi connectivity index (χ3v) is 5.88. The molecule has 0 N–H and O–H groups in total. The number of benzene rings is 2. The number of carbonyl (C=O) groups is 2. The van der Waals surface area contributed by atoms with Gasteiger partial charge in [-0.1, -0.05) is 24.3 Å². The van der Waals surface area contributed by atoms with Crippen LogP contribution in [0.3, 0.4) is 0 Å². The minimum atomic E-state index is -0.508. The zero-order valence-corrected chi connectivity index (χ0v) is 22.7. The maximum absolute atomic E-state index is 12.3. The van der Waals surface area contributed by atoms with Gasteiger partial charge in [0.25, 0.3) is 0 Å². The molecular formula is C30H37N3O5. The Labute approximate surface area is 225 Å². The summed E-state index contributed by atoms with van der Waals surface area (Å²) in [6.45, 7) is 9.48. The molecule has 202 valence electrons. The molecule has 0 bridgehead atoms. The summed E-state index contributed by atoms with van der Waals surface area (Å²) in [4.78, 5) is 28.2. The molecule has 0 aromatic heterocycles. The van der Waals surface area contributed by atoms with Crippen LogP contribution < -0.4 is 9.64 Å². The van der Waals surface area contributed by atoms with Crippen LogP contribution in [0, 0.1) is 11.3 Å². The highest BCUT2D eigenvalue weighted by Gasteiger charge is 2.27. The maximum atomic E-state index is 12.3. The Morgan fingerprint density at radius 3 is 2.47 bits per heavy atom. The number of nitriles is 1. The third-order valence-electron chi connectivity index (χ3n) is 5.88. The van der Waals surface area contributed by atoms with Crippen molar-refractivity contribution in [2.24, 2.45) is 0 Å². The normalized spacial score (nSPS) is 14.1. The van der Waals surface area contributed by atoms with Gasteiger partial charge in [-0.2, -0.15) is 5.26 Å². The van der Waals surface area contributed by atoms with E-state index < -0.39 is 5.60 Å². The van der Waals surface area contributed by atoms with Crippen molar-refractivity contribution in [3.05, 3.63) is 65.7 Å². The molecule has 0 unspecified atom stereocenters. The van der Waals surface area contributed by atoms with Crippen molar-refractivity contribution in [1.29, 1.82) is 5.26 Å². The van der Waals surface area contributed by atoms with Gasteiger partial charge in [0.1, 0.15) is 24.0 Å². The Morgan fingerprint density at radius 2 is 1.84 bits per heavy atom. The van der Waals surface area contributed by atoms with Crippen molar-refractivity contribution in [3.8, 4) is 11.8 Å². The Bertz CT molecular complexity index is 1140. The highest BCUT2D eigenvalue weighted by molar-refractivity contribution is 5.76. The molecular weight excluding hydrogens is 482 g/mol. The highest BCUT2D eigenvalue weighted by atomic mass is 16.6. The van der Waals surface area contributed by atoms with E-state index >= 15 is 0 Å². The van der Waals surface area contributed by atoms with Crippen molar-refractivity contribution >= 4 is 23.8 Å². The second-order valence-electron chi connectivity index (χ2n) is 10.1. The number of hydrogen-bond donors (Lipinski definition) is 0. The molecule has 1 saturated heterocycles. The smallest absolute Gasteiger partial charge is 0.410 e. The number of ether oxygens (including phenoxy) is 3. The summed E-state index contributed by atoms with van der Waals surface area (Å²) in [7, 11) is 0. The van der Waals surface area contributed by atoms with Gasteiger partial charge in [-0.05, 0) is 69.7 Å². The Hall–Kier alpha value is -3.99. The van der Waals surface area contributed by atoms with Crippen molar-refractivity contribution in [3.63, 3.8) is 0 Å². The fraction of sp³-hybridized carbons (Fsp3) is 0.433. The number of nitrogens with zero attached hydrogens (tertiary/aromatic N) is 3. The van der Waals surface area contributed by atoms with Gasteiger partial charge in [0.2, 0.25) is 0 Å². The van der Waals surface area contributed by atoms with E-state index in [4.69, 9.17) is 19.5 Å². The molecule has 0 spiro atoms. The molecule has 8 heteroatoms. The Balaban J connectivity index is 1.59. The van der Waals surface area contributed by atoms with Crippen LogP contribution >= 0.6 is 0 Å². The zero-order valence-electron chi connectivity index (χ0n) is 22.7. The average Bonchev–Trinajstić information content (AvgIpc) is 2.88. The fourth-order valence-corrected chi connectivity index (χ4v) is 4.06. The maximum Gasteiger partial charge on any atom is 0.410 e. The molecule has 0 saturated carbocycles. The molecule has 0 atom stereocenters. The lowest BCUT2D eigenvalue weighted by atomic mass is 10.1. The van der Waals surface area contributed by atoms with Gasteiger partial charge in [0.05, 0.1) is 18.2 Å². The molecule has 2 aromatic rings. The first-order chi connectivity index (χ1) is 18.2. The van der Waals surface area contributed by atoms with E-state index in [1.165, 1.54) is 0 Å². The number of piperidine rings is 1. The lowest BCUT2D eigenvalue weighted by Crippen LogP contribution is -2.44. The molecule has 1 amide bonds. The van der Waals surface area contributed by atoms with E-state index in [0.717, 1.165) is 29.8 Å². The topological polar surface area (TPSA) is 92.1 Å². The summed E-state index contributed by atoms with van der Waals surface area (Å²) in [5.74, 6) is 0.439. The van der Waals surface area contributed by atoms with Crippen molar-refractivity contribution < 1.29 is 23.8 Å².